The number of benzene rings is 2. The fraction of sp³-hybridized carbons (Fsp3) is 0.419. The molecule has 4 rings (SSSR count). The fourth-order valence-corrected chi connectivity index (χ4v) is 5.67. The van der Waals surface area contributed by atoms with Crippen LogP contribution in [0, 0.1) is 6.92 Å². The lowest BCUT2D eigenvalue weighted by Crippen LogP contribution is -2.49. The first-order chi connectivity index (χ1) is 17.8. The van der Waals surface area contributed by atoms with Gasteiger partial charge in [-0.25, -0.2) is 0 Å². The van der Waals surface area contributed by atoms with Crippen LogP contribution in [0.4, 0.5) is 0 Å². The van der Waals surface area contributed by atoms with Crippen molar-refractivity contribution in [1.29, 1.82) is 0 Å². The minimum absolute atomic E-state index is 0.0404. The van der Waals surface area contributed by atoms with E-state index in [4.69, 9.17) is 4.74 Å². The predicted octanol–water partition coefficient (Wildman–Crippen LogP) is 6.63. The lowest BCUT2D eigenvalue weighted by atomic mass is 10.00. The number of ether oxygens (including phenoxy) is 1. The average Bonchev–Trinajstić information content (AvgIpc) is 3.39. The lowest BCUT2D eigenvalue weighted by Gasteiger charge is -2.38. The molecular formula is C31H38N2O3S. The van der Waals surface area contributed by atoms with Crippen LogP contribution in [0.1, 0.15) is 78.0 Å². The molecule has 37 heavy (non-hydrogen) atoms. The van der Waals surface area contributed by atoms with Crippen molar-refractivity contribution < 1.29 is 14.3 Å². The van der Waals surface area contributed by atoms with E-state index in [9.17, 15) is 9.59 Å². The number of carbonyl (C=O) groups excluding carboxylic acids is 2. The van der Waals surface area contributed by atoms with Gasteiger partial charge in [-0.1, -0.05) is 50.6 Å². The van der Waals surface area contributed by atoms with Gasteiger partial charge in [-0.2, -0.15) is 0 Å². The Labute approximate surface area is 225 Å². The first-order valence-corrected chi connectivity index (χ1v) is 14.1. The number of thiophene rings is 1. The second kappa shape index (κ2) is 12.0. The van der Waals surface area contributed by atoms with Gasteiger partial charge in [0.2, 0.25) is 5.91 Å². The van der Waals surface area contributed by atoms with Crippen molar-refractivity contribution in [2.75, 3.05) is 19.7 Å². The molecule has 2 heterocycles. The van der Waals surface area contributed by atoms with E-state index in [0.29, 0.717) is 24.6 Å². The Morgan fingerprint density at radius 1 is 1.05 bits per heavy atom. The number of hydrogen-bond acceptors (Lipinski definition) is 4. The molecule has 6 heteroatoms. The summed E-state index contributed by atoms with van der Waals surface area (Å²) < 4.78 is 6.22. The van der Waals surface area contributed by atoms with Gasteiger partial charge >= 0.3 is 0 Å². The molecular weight excluding hydrogens is 480 g/mol. The van der Waals surface area contributed by atoms with Gasteiger partial charge in [-0.3, -0.25) is 9.59 Å². The molecule has 5 nitrogen and oxygen atoms in total. The van der Waals surface area contributed by atoms with Crippen molar-refractivity contribution in [3.8, 4) is 5.75 Å². The highest BCUT2D eigenvalue weighted by Gasteiger charge is 2.34. The molecule has 0 N–H and O–H groups in total. The highest BCUT2D eigenvalue weighted by Crippen LogP contribution is 2.34. The molecule has 0 spiro atoms. The second-order valence-electron chi connectivity index (χ2n) is 10.2. The minimum Gasteiger partial charge on any atom is -0.491 e. The second-order valence-corrected chi connectivity index (χ2v) is 11.2. The van der Waals surface area contributed by atoms with E-state index in [1.165, 1.54) is 10.4 Å². The highest BCUT2D eigenvalue weighted by molar-refractivity contribution is 7.10. The summed E-state index contributed by atoms with van der Waals surface area (Å²) in [6.07, 6.45) is 1.60. The van der Waals surface area contributed by atoms with Crippen LogP contribution in [0.25, 0.3) is 0 Å². The zero-order valence-corrected chi connectivity index (χ0v) is 23.4. The molecule has 0 radical (unpaired) electrons. The van der Waals surface area contributed by atoms with Crippen molar-refractivity contribution in [1.82, 2.24) is 9.80 Å². The number of amides is 2. The summed E-state index contributed by atoms with van der Waals surface area (Å²) in [4.78, 5) is 32.1. The highest BCUT2D eigenvalue weighted by atomic mass is 32.1. The molecule has 2 atom stereocenters. The van der Waals surface area contributed by atoms with E-state index in [0.717, 1.165) is 29.7 Å². The third-order valence-corrected chi connectivity index (χ3v) is 8.35. The zero-order chi connectivity index (χ0) is 26.5. The van der Waals surface area contributed by atoms with Gasteiger partial charge in [-0.05, 0) is 79.4 Å². The maximum Gasteiger partial charge on any atom is 0.254 e. The topological polar surface area (TPSA) is 49.9 Å². The maximum atomic E-state index is 13.8. The van der Waals surface area contributed by atoms with Crippen molar-refractivity contribution >= 4 is 23.2 Å². The van der Waals surface area contributed by atoms with E-state index in [1.54, 1.807) is 16.2 Å². The Morgan fingerprint density at radius 2 is 1.76 bits per heavy atom. The summed E-state index contributed by atoms with van der Waals surface area (Å²) in [5, 5.41) is 2.09. The third-order valence-electron chi connectivity index (χ3n) is 7.36. The van der Waals surface area contributed by atoms with Crippen molar-refractivity contribution in [2.45, 2.75) is 65.5 Å². The largest absolute Gasteiger partial charge is 0.491 e. The number of nitrogens with zero attached hydrogens (tertiary/aromatic N) is 2. The van der Waals surface area contributed by atoms with Crippen LogP contribution in [0.3, 0.4) is 0 Å². The molecule has 3 aromatic rings. The van der Waals surface area contributed by atoms with Crippen LogP contribution in [0.5, 0.6) is 5.75 Å². The van der Waals surface area contributed by atoms with Gasteiger partial charge in [-0.15, -0.1) is 11.3 Å². The lowest BCUT2D eigenvalue weighted by molar-refractivity contribution is -0.136. The Kier molecular flexibility index (Phi) is 8.70. The Hall–Kier alpha value is -3.12. The molecule has 0 bridgehead atoms. The van der Waals surface area contributed by atoms with Gasteiger partial charge in [0.15, 0.2) is 0 Å². The summed E-state index contributed by atoms with van der Waals surface area (Å²) >= 11 is 1.74. The average molecular weight is 519 g/mol. The normalized spacial score (nSPS) is 15.8. The molecule has 196 valence electrons. The van der Waals surface area contributed by atoms with Gasteiger partial charge in [0.05, 0.1) is 6.04 Å². The number of carbonyl (C=O) groups is 2. The number of rotatable bonds is 9. The smallest absolute Gasteiger partial charge is 0.254 e. The molecule has 0 aliphatic carbocycles. The van der Waals surface area contributed by atoms with Gasteiger partial charge in [0, 0.05) is 23.0 Å². The first kappa shape index (κ1) is 26.9. The SMILES string of the molecule is CC[C@H](C)N(CC(=O)N1CCc2sccc2[C@H]1COc1ccc(C(C)C)cc1)C(=O)c1ccc(C)cc1. The maximum absolute atomic E-state index is 13.8. The summed E-state index contributed by atoms with van der Waals surface area (Å²) in [6.45, 7) is 11.5. The van der Waals surface area contributed by atoms with Gasteiger partial charge < -0.3 is 14.5 Å². The molecule has 0 saturated carbocycles. The summed E-state index contributed by atoms with van der Waals surface area (Å²) in [6, 6.07) is 17.7. The molecule has 2 aromatic carbocycles. The van der Waals surface area contributed by atoms with Crippen LogP contribution < -0.4 is 4.74 Å². The van der Waals surface area contributed by atoms with Crippen molar-refractivity contribution in [3.05, 3.63) is 87.1 Å². The number of fused-ring (bicyclic) bond motifs is 1. The zero-order valence-electron chi connectivity index (χ0n) is 22.6. The van der Waals surface area contributed by atoms with E-state index in [-0.39, 0.29) is 30.4 Å². The molecule has 0 fully saturated rings. The summed E-state index contributed by atoms with van der Waals surface area (Å²) in [5.74, 6) is 1.12. The number of aryl methyl sites for hydroxylation is 1. The van der Waals surface area contributed by atoms with Crippen LogP contribution in [-0.4, -0.2) is 47.4 Å². The molecule has 0 unspecified atom stereocenters. The standard InChI is InChI=1S/C31H38N2O3S/c1-6-23(5)33(31(35)25-9-7-22(4)8-10-25)19-30(34)32-17-15-29-27(16-18-37-29)28(32)20-36-26-13-11-24(12-14-26)21(2)3/h7-14,16,18,21,23,28H,6,15,17,19-20H2,1-5H3/t23-,28+/m0/s1. The monoisotopic (exact) mass is 518 g/mol. The molecule has 1 aromatic heterocycles. The number of hydrogen-bond donors (Lipinski definition) is 0. The van der Waals surface area contributed by atoms with Gasteiger partial charge in [0.1, 0.15) is 18.9 Å². The Bertz CT molecular complexity index is 1200. The van der Waals surface area contributed by atoms with Crippen LogP contribution in [0.2, 0.25) is 0 Å². The minimum atomic E-state index is -0.180. The molecule has 0 saturated heterocycles. The summed E-state index contributed by atoms with van der Waals surface area (Å²) in [5.41, 5.74) is 4.14. The summed E-state index contributed by atoms with van der Waals surface area (Å²) in [7, 11) is 0. The third kappa shape index (κ3) is 6.24. The van der Waals surface area contributed by atoms with Crippen LogP contribution in [-0.2, 0) is 11.2 Å². The van der Waals surface area contributed by atoms with Crippen LogP contribution in [0.15, 0.2) is 60.0 Å². The molecule has 1 aliphatic rings. The molecule has 1 aliphatic heterocycles. The first-order valence-electron chi connectivity index (χ1n) is 13.2. The van der Waals surface area contributed by atoms with E-state index >= 15 is 0 Å². The quantitative estimate of drug-likeness (QED) is 0.320. The fourth-order valence-electron chi connectivity index (χ4n) is 4.75. The van der Waals surface area contributed by atoms with Crippen molar-refractivity contribution in [3.63, 3.8) is 0 Å². The van der Waals surface area contributed by atoms with E-state index in [1.807, 2.05) is 62.1 Å². The molecule has 2 amide bonds. The van der Waals surface area contributed by atoms with Crippen molar-refractivity contribution in [2.24, 2.45) is 0 Å². The van der Waals surface area contributed by atoms with Crippen LogP contribution >= 0.6 is 11.3 Å². The van der Waals surface area contributed by atoms with Gasteiger partial charge in [0.25, 0.3) is 5.91 Å². The van der Waals surface area contributed by atoms with E-state index in [2.05, 4.69) is 37.4 Å². The Balaban J connectivity index is 1.52. The Morgan fingerprint density at radius 3 is 2.41 bits per heavy atom. The van der Waals surface area contributed by atoms with E-state index < -0.39 is 0 Å². The predicted molar refractivity (Wildman–Crippen MR) is 150 cm³/mol.